The summed E-state index contributed by atoms with van der Waals surface area (Å²) < 4.78 is 11.1. The molecule has 7 heteroatoms. The third-order valence-electron chi connectivity index (χ3n) is 3.28. The Morgan fingerprint density at radius 3 is 2.83 bits per heavy atom. The third-order valence-corrected chi connectivity index (χ3v) is 4.39. The van der Waals surface area contributed by atoms with Crippen molar-refractivity contribution in [3.05, 3.63) is 24.0 Å². The molecule has 23 heavy (non-hydrogen) atoms. The topological polar surface area (TPSA) is 67.8 Å². The van der Waals surface area contributed by atoms with E-state index < -0.39 is 6.33 Å². The fourth-order valence-electron chi connectivity index (χ4n) is 2.15. The normalized spacial score (nSPS) is 20.2. The molecule has 130 valence electrons. The van der Waals surface area contributed by atoms with Crippen LogP contribution < -0.4 is 5.23 Å². The van der Waals surface area contributed by atoms with E-state index in [1.165, 1.54) is 11.6 Å². The Hall–Kier alpha value is -0.915. The van der Waals surface area contributed by atoms with Gasteiger partial charge in [0.15, 0.2) is 0 Å². The lowest BCUT2D eigenvalue weighted by Crippen LogP contribution is -2.30. The van der Waals surface area contributed by atoms with Gasteiger partial charge in [0.1, 0.15) is 12.4 Å². The van der Waals surface area contributed by atoms with Gasteiger partial charge in [-0.2, -0.15) is 0 Å². The van der Waals surface area contributed by atoms with E-state index in [9.17, 15) is 9.82 Å². The van der Waals surface area contributed by atoms with Crippen molar-refractivity contribution < 1.29 is 19.3 Å². The van der Waals surface area contributed by atoms with Gasteiger partial charge in [0.2, 0.25) is 5.91 Å². The second-order valence-corrected chi connectivity index (χ2v) is 6.82. The Kier molecular flexibility index (Phi) is 10.1. The van der Waals surface area contributed by atoms with Crippen LogP contribution in [-0.2, 0) is 14.3 Å². The second-order valence-electron chi connectivity index (χ2n) is 5.53. The van der Waals surface area contributed by atoms with Gasteiger partial charge in [0.25, 0.3) is 0 Å². The molecule has 5 nitrogen and oxygen atoms in total. The first-order chi connectivity index (χ1) is 11.1. The second kappa shape index (κ2) is 11.6. The van der Waals surface area contributed by atoms with E-state index in [1.807, 2.05) is 18.2 Å². The molecule has 1 heterocycles. The minimum Gasteiger partial charge on any atom is -0.492 e. The van der Waals surface area contributed by atoms with E-state index in [-0.39, 0.29) is 17.1 Å². The van der Waals surface area contributed by atoms with E-state index in [2.05, 4.69) is 26.0 Å². The van der Waals surface area contributed by atoms with Crippen molar-refractivity contribution in [1.82, 2.24) is 5.23 Å². The molecule has 1 amide bonds. The van der Waals surface area contributed by atoms with E-state index in [0.29, 0.717) is 19.6 Å². The lowest BCUT2D eigenvalue weighted by molar-refractivity contribution is -0.119. The molecule has 1 rings (SSSR count). The van der Waals surface area contributed by atoms with Crippen molar-refractivity contribution >= 4 is 23.8 Å². The first kappa shape index (κ1) is 20.1. The average molecular weight is 341 g/mol. The highest BCUT2D eigenvalue weighted by molar-refractivity contribution is 8.26. The molecule has 0 aromatic heterocycles. The lowest BCUT2D eigenvalue weighted by Gasteiger charge is -2.11. The number of allylic oxidation sites excluding steroid dienone is 3. The highest BCUT2D eigenvalue weighted by Gasteiger charge is 2.35. The fraction of sp³-hybridized carbons (Fsp3) is 0.688. The molecule has 1 fully saturated rings. The smallest absolute Gasteiger partial charge is 0.486 e. The molecule has 0 radical (unpaired) electrons. The summed E-state index contributed by atoms with van der Waals surface area (Å²) in [6, 6.07) is 0. The van der Waals surface area contributed by atoms with Crippen LogP contribution in [0.2, 0.25) is 0 Å². The standard InChI is InChI=1S/C16H28BNO4S/c1-4-6-14(22-11-10-21-9-5-2)8-7-13(3)12-15-16(19)18-17(20)23-15/h6-8,13,15,20H,4-5,9-12H2,1-3H3,(H,18,19)/b8-7-,14-6+. The van der Waals surface area contributed by atoms with Crippen molar-refractivity contribution in [2.24, 2.45) is 5.92 Å². The Bertz CT molecular complexity index is 417. The molecule has 1 aliphatic heterocycles. The summed E-state index contributed by atoms with van der Waals surface area (Å²) in [5.41, 5.74) is 0. The zero-order chi connectivity index (χ0) is 17.1. The molecule has 2 unspecified atom stereocenters. The van der Waals surface area contributed by atoms with Crippen molar-refractivity contribution in [3.8, 4) is 0 Å². The van der Waals surface area contributed by atoms with Crippen LogP contribution in [0.5, 0.6) is 0 Å². The number of ether oxygens (including phenoxy) is 2. The summed E-state index contributed by atoms with van der Waals surface area (Å²) in [5, 5.41) is 11.7. The first-order valence-electron chi connectivity index (χ1n) is 8.29. The average Bonchev–Trinajstić information content (AvgIpc) is 2.82. The van der Waals surface area contributed by atoms with Crippen molar-refractivity contribution in [2.75, 3.05) is 19.8 Å². The van der Waals surface area contributed by atoms with E-state index >= 15 is 0 Å². The predicted molar refractivity (Wildman–Crippen MR) is 95.9 cm³/mol. The summed E-state index contributed by atoms with van der Waals surface area (Å²) in [6.45, 7) is 8.09. The first-order valence-corrected chi connectivity index (χ1v) is 9.23. The molecule has 1 aliphatic rings. The third kappa shape index (κ3) is 8.49. The molecular formula is C16H28BNO4S. The monoisotopic (exact) mass is 341 g/mol. The van der Waals surface area contributed by atoms with E-state index in [4.69, 9.17) is 9.47 Å². The van der Waals surface area contributed by atoms with E-state index in [1.54, 1.807) is 0 Å². The summed E-state index contributed by atoms with van der Waals surface area (Å²) in [5.74, 6) is 0.975. The van der Waals surface area contributed by atoms with Crippen LogP contribution in [-0.4, -0.2) is 42.3 Å². The van der Waals surface area contributed by atoms with Gasteiger partial charge >= 0.3 is 6.33 Å². The maximum absolute atomic E-state index is 11.6. The van der Waals surface area contributed by atoms with Gasteiger partial charge in [-0.1, -0.05) is 26.8 Å². The number of amides is 1. The Morgan fingerprint density at radius 1 is 1.43 bits per heavy atom. The fourth-order valence-corrected chi connectivity index (χ4v) is 3.25. The van der Waals surface area contributed by atoms with Crippen molar-refractivity contribution in [1.29, 1.82) is 0 Å². The van der Waals surface area contributed by atoms with Crippen LogP contribution in [0, 0.1) is 5.92 Å². The highest BCUT2D eigenvalue weighted by Crippen LogP contribution is 2.25. The van der Waals surface area contributed by atoms with Gasteiger partial charge in [0.05, 0.1) is 11.9 Å². The van der Waals surface area contributed by atoms with Crippen molar-refractivity contribution in [2.45, 2.75) is 45.3 Å². The van der Waals surface area contributed by atoms with Crippen LogP contribution in [0.3, 0.4) is 0 Å². The number of carbonyl (C=O) groups excluding carboxylic acids is 1. The number of carbonyl (C=O) groups is 1. The summed E-state index contributed by atoms with van der Waals surface area (Å²) in [6.07, 6.45) is 7.88. The number of rotatable bonds is 11. The zero-order valence-corrected chi connectivity index (χ0v) is 15.1. The van der Waals surface area contributed by atoms with Crippen LogP contribution in [0.15, 0.2) is 24.0 Å². The van der Waals surface area contributed by atoms with Crippen molar-refractivity contribution in [3.63, 3.8) is 0 Å². The number of nitrogens with one attached hydrogen (secondary N) is 1. The van der Waals surface area contributed by atoms with Gasteiger partial charge in [-0.15, -0.1) is 11.6 Å². The molecular weight excluding hydrogens is 313 g/mol. The molecule has 2 N–H and O–H groups in total. The van der Waals surface area contributed by atoms with Crippen LogP contribution >= 0.6 is 11.6 Å². The summed E-state index contributed by atoms with van der Waals surface area (Å²) in [4.78, 5) is 11.6. The summed E-state index contributed by atoms with van der Waals surface area (Å²) in [7, 11) is 0. The molecule has 0 aromatic carbocycles. The highest BCUT2D eigenvalue weighted by atomic mass is 32.2. The maximum atomic E-state index is 11.6. The minimum absolute atomic E-state index is 0.0867. The molecule has 0 saturated carbocycles. The lowest BCUT2D eigenvalue weighted by atomic mass is 10.0. The van der Waals surface area contributed by atoms with Crippen LogP contribution in [0.25, 0.3) is 0 Å². The Labute approximate surface area is 143 Å². The largest absolute Gasteiger partial charge is 0.492 e. The SMILES string of the molecule is CC/C=C(\C=C/C(C)CC1SB(O)NC1=O)OCCOCCC. The van der Waals surface area contributed by atoms with Gasteiger partial charge in [-0.05, 0) is 37.3 Å². The molecule has 0 aliphatic carbocycles. The zero-order valence-electron chi connectivity index (χ0n) is 14.3. The molecule has 0 bridgehead atoms. The van der Waals surface area contributed by atoms with Gasteiger partial charge < -0.3 is 19.7 Å². The molecule has 2 atom stereocenters. The Morgan fingerprint density at radius 2 is 2.22 bits per heavy atom. The van der Waals surface area contributed by atoms with Crippen LogP contribution in [0.1, 0.15) is 40.0 Å². The predicted octanol–water partition coefficient (Wildman–Crippen LogP) is 2.51. The van der Waals surface area contributed by atoms with Gasteiger partial charge in [0, 0.05) is 6.61 Å². The van der Waals surface area contributed by atoms with Gasteiger partial charge in [-0.25, -0.2) is 0 Å². The maximum Gasteiger partial charge on any atom is 0.486 e. The van der Waals surface area contributed by atoms with E-state index in [0.717, 1.165) is 25.2 Å². The molecule has 0 spiro atoms. The molecule has 1 saturated heterocycles. The molecule has 0 aromatic rings. The Balaban J connectivity index is 2.37. The van der Waals surface area contributed by atoms with Crippen LogP contribution in [0.4, 0.5) is 0 Å². The quantitative estimate of drug-likeness (QED) is 0.262. The summed E-state index contributed by atoms with van der Waals surface area (Å²) >= 11 is 1.27. The minimum atomic E-state index is -0.773. The van der Waals surface area contributed by atoms with Gasteiger partial charge in [-0.3, -0.25) is 4.79 Å². The number of hydrogen-bond donors (Lipinski definition) is 2. The number of hydrogen-bond acceptors (Lipinski definition) is 5.